The quantitative estimate of drug-likeness (QED) is 0.452. The van der Waals surface area contributed by atoms with Gasteiger partial charge in [0.2, 0.25) is 5.91 Å². The molecule has 5 nitrogen and oxygen atoms in total. The number of alkyl halides is 1. The largest absolute Gasteiger partial charge is 0.497 e. The molecule has 0 fully saturated rings. The highest BCUT2D eigenvalue weighted by molar-refractivity contribution is 5.93. The van der Waals surface area contributed by atoms with Crippen LogP contribution in [0.5, 0.6) is 23.0 Å². The Morgan fingerprint density at radius 2 is 1.71 bits per heavy atom. The van der Waals surface area contributed by atoms with Crippen molar-refractivity contribution in [2.45, 2.75) is 13.5 Å². The SMILES string of the molecule is COc1ccc(OCC[18F])c(CN(C(C)=O)c2cc(F)ccc2Oc2ccccc2)c1. The van der Waals surface area contributed by atoms with E-state index < -0.39 is 12.5 Å². The van der Waals surface area contributed by atoms with Gasteiger partial charge in [0.05, 0.1) is 19.3 Å². The summed E-state index contributed by atoms with van der Waals surface area (Å²) in [6.07, 6.45) is 0. The number of hydrogen-bond donors (Lipinski definition) is 0. The van der Waals surface area contributed by atoms with Crippen LogP contribution in [0, 0.1) is 5.82 Å². The van der Waals surface area contributed by atoms with E-state index in [1.807, 2.05) is 18.2 Å². The number of ether oxygens (including phenoxy) is 3. The monoisotopic (exact) mass is 426 g/mol. The second kappa shape index (κ2) is 10.4. The summed E-state index contributed by atoms with van der Waals surface area (Å²) in [4.78, 5) is 13.9. The fourth-order valence-corrected chi connectivity index (χ4v) is 3.04. The van der Waals surface area contributed by atoms with E-state index in [2.05, 4.69) is 0 Å². The third-order valence-electron chi connectivity index (χ3n) is 4.49. The average Bonchev–Trinajstić information content (AvgIpc) is 2.78. The fraction of sp³-hybridized carbons (Fsp3) is 0.208. The Morgan fingerprint density at radius 1 is 0.968 bits per heavy atom. The van der Waals surface area contributed by atoms with Gasteiger partial charge < -0.3 is 19.1 Å². The normalized spacial score (nSPS) is 10.5. The molecule has 0 radical (unpaired) electrons. The molecule has 7 heteroatoms. The third-order valence-corrected chi connectivity index (χ3v) is 4.49. The van der Waals surface area contributed by atoms with Crippen LogP contribution in [0.4, 0.5) is 14.5 Å². The van der Waals surface area contributed by atoms with Gasteiger partial charge in [-0.15, -0.1) is 0 Å². The molecular formula is C24H23F2NO4. The maximum absolute atomic E-state index is 14.1. The molecule has 0 heterocycles. The molecule has 0 bridgehead atoms. The number of methoxy groups -OCH3 is 1. The van der Waals surface area contributed by atoms with Gasteiger partial charge in [-0.2, -0.15) is 0 Å². The minimum atomic E-state index is -0.652. The zero-order valence-corrected chi connectivity index (χ0v) is 17.3. The minimum Gasteiger partial charge on any atom is -0.497 e. The van der Waals surface area contributed by atoms with Gasteiger partial charge in [-0.3, -0.25) is 4.79 Å². The lowest BCUT2D eigenvalue weighted by Gasteiger charge is -2.25. The number of benzene rings is 3. The summed E-state index contributed by atoms with van der Waals surface area (Å²) in [7, 11) is 1.52. The van der Waals surface area contributed by atoms with Gasteiger partial charge in [0.25, 0.3) is 0 Å². The molecule has 162 valence electrons. The number of para-hydroxylation sites is 1. The van der Waals surface area contributed by atoms with Crippen LogP contribution in [0.15, 0.2) is 66.7 Å². The van der Waals surface area contributed by atoms with Crippen molar-refractivity contribution in [3.63, 3.8) is 0 Å². The number of amides is 1. The first-order valence-corrected chi connectivity index (χ1v) is 9.68. The van der Waals surface area contributed by atoms with E-state index in [4.69, 9.17) is 14.2 Å². The molecule has 0 aliphatic rings. The van der Waals surface area contributed by atoms with Gasteiger partial charge >= 0.3 is 0 Å². The molecule has 0 spiro atoms. The van der Waals surface area contributed by atoms with Crippen molar-refractivity contribution in [1.82, 2.24) is 0 Å². The molecule has 3 aromatic rings. The van der Waals surface area contributed by atoms with Crippen molar-refractivity contribution in [2.24, 2.45) is 0 Å². The second-order valence-electron chi connectivity index (χ2n) is 6.64. The van der Waals surface area contributed by atoms with E-state index in [1.165, 1.54) is 37.1 Å². The van der Waals surface area contributed by atoms with Gasteiger partial charge in [-0.05, 0) is 42.5 Å². The predicted molar refractivity (Wildman–Crippen MR) is 114 cm³/mol. The van der Waals surface area contributed by atoms with E-state index in [1.54, 1.807) is 30.3 Å². The highest BCUT2D eigenvalue weighted by atomic mass is 19.1. The van der Waals surface area contributed by atoms with Crippen molar-refractivity contribution in [1.29, 1.82) is 0 Å². The van der Waals surface area contributed by atoms with Crippen molar-refractivity contribution >= 4 is 11.6 Å². The van der Waals surface area contributed by atoms with Crippen LogP contribution in [-0.2, 0) is 11.3 Å². The van der Waals surface area contributed by atoms with Crippen molar-refractivity contribution in [2.75, 3.05) is 25.3 Å². The highest BCUT2D eigenvalue weighted by Gasteiger charge is 2.21. The number of carbonyl (C=O) groups is 1. The van der Waals surface area contributed by atoms with Gasteiger partial charge in [0, 0.05) is 18.6 Å². The smallest absolute Gasteiger partial charge is 0.224 e. The number of anilines is 1. The summed E-state index contributed by atoms with van der Waals surface area (Å²) >= 11 is 0. The van der Waals surface area contributed by atoms with Gasteiger partial charge in [0.1, 0.15) is 36.3 Å². The van der Waals surface area contributed by atoms with Crippen LogP contribution < -0.4 is 19.1 Å². The standard InChI is InChI=1S/C24H23F2NO4/c1-17(28)27(16-18-14-21(29-2)9-11-23(18)30-13-12-25)22-15-19(26)8-10-24(22)31-20-6-4-3-5-7-20/h3-11,14-15H,12-13,16H2,1-2H3/i25-1. The first kappa shape index (κ1) is 22.1. The lowest BCUT2D eigenvalue weighted by molar-refractivity contribution is -0.116. The van der Waals surface area contributed by atoms with E-state index in [9.17, 15) is 13.6 Å². The van der Waals surface area contributed by atoms with Gasteiger partial charge in [-0.25, -0.2) is 8.78 Å². The van der Waals surface area contributed by atoms with E-state index in [0.29, 0.717) is 28.6 Å². The second-order valence-corrected chi connectivity index (χ2v) is 6.64. The molecule has 0 saturated heterocycles. The molecule has 3 aromatic carbocycles. The number of hydrogen-bond acceptors (Lipinski definition) is 4. The Bertz CT molecular complexity index is 1030. The molecule has 0 atom stereocenters. The third kappa shape index (κ3) is 5.72. The van der Waals surface area contributed by atoms with Crippen LogP contribution in [0.1, 0.15) is 12.5 Å². The first-order chi connectivity index (χ1) is 15.0. The summed E-state index contributed by atoms with van der Waals surface area (Å²) in [6, 6.07) is 18.0. The highest BCUT2D eigenvalue weighted by Crippen LogP contribution is 2.35. The number of rotatable bonds is 9. The molecule has 0 aliphatic carbocycles. The number of halogens is 2. The van der Waals surface area contributed by atoms with Crippen LogP contribution in [-0.4, -0.2) is 26.3 Å². The summed E-state index contributed by atoms with van der Waals surface area (Å²) in [5, 5.41) is 0. The van der Waals surface area contributed by atoms with Gasteiger partial charge in [-0.1, -0.05) is 18.2 Å². The van der Waals surface area contributed by atoms with Gasteiger partial charge in [0.15, 0.2) is 5.75 Å². The lowest BCUT2D eigenvalue weighted by Crippen LogP contribution is -2.28. The number of nitrogens with zero attached hydrogens (tertiary/aromatic N) is 1. The lowest BCUT2D eigenvalue weighted by atomic mass is 10.1. The summed E-state index contributed by atoms with van der Waals surface area (Å²) in [5.41, 5.74) is 0.841. The number of carbonyl (C=O) groups excluding carboxylic acids is 1. The van der Waals surface area contributed by atoms with Crippen LogP contribution >= 0.6 is 0 Å². The minimum absolute atomic E-state index is 0.0444. The summed E-state index contributed by atoms with van der Waals surface area (Å²) < 4.78 is 43.4. The molecule has 31 heavy (non-hydrogen) atoms. The van der Waals surface area contributed by atoms with Crippen LogP contribution in [0.3, 0.4) is 0 Å². The van der Waals surface area contributed by atoms with Crippen LogP contribution in [0.2, 0.25) is 0 Å². The maximum Gasteiger partial charge on any atom is 0.224 e. The Hall–Kier alpha value is -3.61. The molecule has 0 aliphatic heterocycles. The summed E-state index contributed by atoms with van der Waals surface area (Å²) in [5.74, 6) is 0.978. The first-order valence-electron chi connectivity index (χ1n) is 9.68. The average molecular weight is 426 g/mol. The topological polar surface area (TPSA) is 48.0 Å². The molecule has 0 N–H and O–H groups in total. The van der Waals surface area contributed by atoms with Crippen LogP contribution in [0.25, 0.3) is 0 Å². The Kier molecular flexibility index (Phi) is 7.43. The van der Waals surface area contributed by atoms with E-state index >= 15 is 0 Å². The van der Waals surface area contributed by atoms with Crippen molar-refractivity contribution in [3.8, 4) is 23.0 Å². The molecular weight excluding hydrogens is 403 g/mol. The van der Waals surface area contributed by atoms with E-state index in [0.717, 1.165) is 0 Å². The molecule has 0 aromatic heterocycles. The summed E-state index contributed by atoms with van der Waals surface area (Å²) in [6.45, 7) is 0.644. The van der Waals surface area contributed by atoms with Crippen molar-refractivity contribution in [3.05, 3.63) is 78.1 Å². The fourth-order valence-electron chi connectivity index (χ4n) is 3.04. The van der Waals surface area contributed by atoms with Crippen molar-refractivity contribution < 1.29 is 27.8 Å². The van der Waals surface area contributed by atoms with E-state index in [-0.39, 0.29) is 24.7 Å². The Labute approximate surface area is 179 Å². The molecule has 3 rings (SSSR count). The molecule has 1 amide bonds. The zero-order chi connectivity index (χ0) is 22.2. The Balaban J connectivity index is 2.00. The Morgan fingerprint density at radius 3 is 2.39 bits per heavy atom. The molecule has 0 unspecified atom stereocenters. The molecule has 0 saturated carbocycles. The zero-order valence-electron chi connectivity index (χ0n) is 17.3. The predicted octanol–water partition coefficient (Wildman–Crippen LogP) is 5.53. The maximum atomic E-state index is 14.1.